The maximum absolute atomic E-state index is 6.33. The summed E-state index contributed by atoms with van der Waals surface area (Å²) in [4.78, 5) is 0. The van der Waals surface area contributed by atoms with E-state index in [1.54, 1.807) is 0 Å². The van der Waals surface area contributed by atoms with Gasteiger partial charge in [0.1, 0.15) is 5.75 Å². The Balaban J connectivity index is 2.24. The lowest BCUT2D eigenvalue weighted by molar-refractivity contribution is 0.317. The minimum atomic E-state index is -0.140. The molecule has 2 aromatic carbocycles. The molecule has 2 rings (SSSR count). The molecule has 0 saturated carbocycles. The summed E-state index contributed by atoms with van der Waals surface area (Å²) in [6.45, 7) is 4.82. The number of halogens is 1. The summed E-state index contributed by atoms with van der Waals surface area (Å²) >= 11 is 6.33. The van der Waals surface area contributed by atoms with E-state index < -0.39 is 0 Å². The molecule has 0 aliphatic heterocycles. The molecule has 0 saturated heterocycles. The summed E-state index contributed by atoms with van der Waals surface area (Å²) in [7, 11) is 0. The SMILES string of the molecule is CCCOc1ccc(C(NN)c2ccc(C)cc2Cl)cc1. The van der Waals surface area contributed by atoms with Crippen molar-refractivity contribution in [2.24, 2.45) is 5.84 Å². The highest BCUT2D eigenvalue weighted by molar-refractivity contribution is 6.31. The fourth-order valence-electron chi connectivity index (χ4n) is 2.21. The Bertz CT molecular complexity index is 584. The smallest absolute Gasteiger partial charge is 0.119 e. The van der Waals surface area contributed by atoms with Gasteiger partial charge in [0, 0.05) is 5.02 Å². The normalized spacial score (nSPS) is 12.2. The molecule has 0 spiro atoms. The Morgan fingerprint density at radius 3 is 2.48 bits per heavy atom. The molecule has 3 N–H and O–H groups in total. The van der Waals surface area contributed by atoms with Gasteiger partial charge in [-0.1, -0.05) is 42.8 Å². The van der Waals surface area contributed by atoms with Gasteiger partial charge in [0.25, 0.3) is 0 Å². The Kier molecular flexibility index (Phi) is 5.62. The molecule has 0 aliphatic rings. The Morgan fingerprint density at radius 2 is 1.90 bits per heavy atom. The molecule has 0 aliphatic carbocycles. The Hall–Kier alpha value is -1.55. The van der Waals surface area contributed by atoms with Crippen molar-refractivity contribution in [2.45, 2.75) is 26.3 Å². The second-order valence-corrected chi connectivity index (χ2v) is 5.45. The quantitative estimate of drug-likeness (QED) is 0.626. The van der Waals surface area contributed by atoms with Crippen molar-refractivity contribution in [3.05, 3.63) is 64.2 Å². The van der Waals surface area contributed by atoms with Crippen molar-refractivity contribution < 1.29 is 4.74 Å². The number of hydrazine groups is 1. The summed E-state index contributed by atoms with van der Waals surface area (Å²) in [5.41, 5.74) is 5.97. The summed E-state index contributed by atoms with van der Waals surface area (Å²) in [5, 5.41) is 0.712. The van der Waals surface area contributed by atoms with Crippen molar-refractivity contribution >= 4 is 11.6 Å². The molecule has 0 amide bonds. The van der Waals surface area contributed by atoms with Crippen LogP contribution in [0.15, 0.2) is 42.5 Å². The molecule has 3 nitrogen and oxygen atoms in total. The van der Waals surface area contributed by atoms with Crippen LogP contribution in [0.25, 0.3) is 0 Å². The molecule has 1 atom stereocenters. The average Bonchev–Trinajstić information content (AvgIpc) is 2.49. The van der Waals surface area contributed by atoms with Gasteiger partial charge in [0.2, 0.25) is 0 Å². The molecular formula is C17H21ClN2O. The van der Waals surface area contributed by atoms with Gasteiger partial charge >= 0.3 is 0 Å². The van der Waals surface area contributed by atoms with Crippen LogP contribution in [-0.2, 0) is 0 Å². The van der Waals surface area contributed by atoms with E-state index in [0.717, 1.165) is 35.5 Å². The molecule has 0 heterocycles. The van der Waals surface area contributed by atoms with E-state index in [2.05, 4.69) is 12.3 Å². The minimum Gasteiger partial charge on any atom is -0.494 e. The molecule has 1 unspecified atom stereocenters. The first-order valence-electron chi connectivity index (χ1n) is 7.10. The third-order valence-electron chi connectivity index (χ3n) is 3.32. The summed E-state index contributed by atoms with van der Waals surface area (Å²) in [6.07, 6.45) is 0.994. The molecular weight excluding hydrogens is 284 g/mol. The van der Waals surface area contributed by atoms with Crippen molar-refractivity contribution in [1.29, 1.82) is 0 Å². The largest absolute Gasteiger partial charge is 0.494 e. The summed E-state index contributed by atoms with van der Waals surface area (Å²) < 4.78 is 5.59. The first-order valence-corrected chi connectivity index (χ1v) is 7.48. The van der Waals surface area contributed by atoms with E-state index >= 15 is 0 Å². The topological polar surface area (TPSA) is 47.3 Å². The number of ether oxygens (including phenoxy) is 1. The van der Waals surface area contributed by atoms with Crippen molar-refractivity contribution in [1.82, 2.24) is 5.43 Å². The molecule has 112 valence electrons. The van der Waals surface area contributed by atoms with E-state index in [4.69, 9.17) is 22.2 Å². The highest BCUT2D eigenvalue weighted by atomic mass is 35.5. The molecule has 0 bridgehead atoms. The Morgan fingerprint density at radius 1 is 1.19 bits per heavy atom. The molecule has 21 heavy (non-hydrogen) atoms. The molecule has 2 aromatic rings. The van der Waals surface area contributed by atoms with E-state index in [1.807, 2.05) is 49.4 Å². The van der Waals surface area contributed by atoms with Crippen LogP contribution in [0.4, 0.5) is 0 Å². The van der Waals surface area contributed by atoms with Gasteiger partial charge in [-0.25, -0.2) is 5.43 Å². The lowest BCUT2D eigenvalue weighted by Crippen LogP contribution is -2.29. The van der Waals surface area contributed by atoms with Crippen LogP contribution in [-0.4, -0.2) is 6.61 Å². The zero-order valence-corrected chi connectivity index (χ0v) is 13.2. The maximum Gasteiger partial charge on any atom is 0.119 e. The fourth-order valence-corrected chi connectivity index (χ4v) is 2.55. The lowest BCUT2D eigenvalue weighted by atomic mass is 9.98. The van der Waals surface area contributed by atoms with E-state index in [0.29, 0.717) is 5.02 Å². The number of nitrogens with two attached hydrogens (primary N) is 1. The molecule has 0 aromatic heterocycles. The van der Waals surface area contributed by atoms with Crippen LogP contribution in [0, 0.1) is 6.92 Å². The van der Waals surface area contributed by atoms with Gasteiger partial charge in [-0.2, -0.15) is 0 Å². The second kappa shape index (κ2) is 7.46. The summed E-state index contributed by atoms with van der Waals surface area (Å²) in [6, 6.07) is 13.8. The Labute approximate surface area is 131 Å². The maximum atomic E-state index is 6.33. The third-order valence-corrected chi connectivity index (χ3v) is 3.65. The van der Waals surface area contributed by atoms with Gasteiger partial charge in [-0.3, -0.25) is 5.84 Å². The van der Waals surface area contributed by atoms with Gasteiger partial charge in [0.15, 0.2) is 0 Å². The molecule has 4 heteroatoms. The van der Waals surface area contributed by atoms with Crippen LogP contribution < -0.4 is 16.0 Å². The number of rotatable bonds is 6. The monoisotopic (exact) mass is 304 g/mol. The van der Waals surface area contributed by atoms with Crippen molar-refractivity contribution in [3.8, 4) is 5.75 Å². The number of benzene rings is 2. The molecule has 0 radical (unpaired) electrons. The van der Waals surface area contributed by atoms with E-state index in [-0.39, 0.29) is 6.04 Å². The lowest BCUT2D eigenvalue weighted by Gasteiger charge is -2.19. The highest BCUT2D eigenvalue weighted by Gasteiger charge is 2.15. The summed E-state index contributed by atoms with van der Waals surface area (Å²) in [5.74, 6) is 6.59. The van der Waals surface area contributed by atoms with Crippen LogP contribution >= 0.6 is 11.6 Å². The second-order valence-electron chi connectivity index (χ2n) is 5.04. The fraction of sp³-hybridized carbons (Fsp3) is 0.294. The minimum absolute atomic E-state index is 0.140. The number of nitrogens with one attached hydrogen (secondary N) is 1. The molecule has 0 fully saturated rings. The van der Waals surface area contributed by atoms with Gasteiger partial charge in [0.05, 0.1) is 12.6 Å². The van der Waals surface area contributed by atoms with Gasteiger partial charge in [-0.05, 0) is 48.2 Å². The predicted octanol–water partition coefficient (Wildman–Crippen LogP) is 3.99. The van der Waals surface area contributed by atoms with E-state index in [1.165, 1.54) is 0 Å². The number of aryl methyl sites for hydroxylation is 1. The zero-order valence-electron chi connectivity index (χ0n) is 12.4. The zero-order chi connectivity index (χ0) is 15.2. The predicted molar refractivity (Wildman–Crippen MR) is 87.6 cm³/mol. The van der Waals surface area contributed by atoms with Crippen molar-refractivity contribution in [3.63, 3.8) is 0 Å². The van der Waals surface area contributed by atoms with Crippen LogP contribution in [0.5, 0.6) is 5.75 Å². The van der Waals surface area contributed by atoms with Crippen molar-refractivity contribution in [2.75, 3.05) is 6.61 Å². The standard InChI is InChI=1S/C17H21ClN2O/c1-3-10-21-14-7-5-13(6-8-14)17(20-19)15-9-4-12(2)11-16(15)18/h4-9,11,17,20H,3,10,19H2,1-2H3. The number of hydrogen-bond acceptors (Lipinski definition) is 3. The van der Waals surface area contributed by atoms with Crippen LogP contribution in [0.3, 0.4) is 0 Å². The van der Waals surface area contributed by atoms with Gasteiger partial charge in [-0.15, -0.1) is 0 Å². The van der Waals surface area contributed by atoms with E-state index in [9.17, 15) is 0 Å². The van der Waals surface area contributed by atoms with Crippen LogP contribution in [0.1, 0.15) is 36.1 Å². The number of hydrogen-bond donors (Lipinski definition) is 2. The average molecular weight is 305 g/mol. The third kappa shape index (κ3) is 3.97. The highest BCUT2D eigenvalue weighted by Crippen LogP contribution is 2.29. The van der Waals surface area contributed by atoms with Crippen LogP contribution in [0.2, 0.25) is 5.02 Å². The van der Waals surface area contributed by atoms with Gasteiger partial charge < -0.3 is 4.74 Å². The first-order chi connectivity index (χ1) is 10.2. The first kappa shape index (κ1) is 15.8.